The second kappa shape index (κ2) is 9.46. The van der Waals surface area contributed by atoms with E-state index in [0.29, 0.717) is 0 Å². The number of hydrogen-bond acceptors (Lipinski definition) is 1. The van der Waals surface area contributed by atoms with Crippen LogP contribution in [0.4, 0.5) is 0 Å². The SMILES string of the molecule is CCOCC.[Br-].[Mg+][c]1ccc(C2CC2)cc1. The molecule has 0 heterocycles. The molecule has 86 valence electrons. The third-order valence-corrected chi connectivity index (χ3v) is 2.91. The Morgan fingerprint density at radius 3 is 1.94 bits per heavy atom. The normalized spacial score (nSPS) is 13.5. The van der Waals surface area contributed by atoms with Crippen LogP contribution < -0.4 is 20.7 Å². The Labute approximate surface area is 122 Å². The quantitative estimate of drug-likeness (QED) is 0.677. The molecule has 1 saturated carbocycles. The van der Waals surface area contributed by atoms with E-state index in [0.717, 1.165) is 19.1 Å². The van der Waals surface area contributed by atoms with Crippen LogP contribution in [-0.2, 0) is 4.74 Å². The Morgan fingerprint density at radius 1 is 1.12 bits per heavy atom. The van der Waals surface area contributed by atoms with E-state index in [2.05, 4.69) is 24.3 Å². The molecule has 1 fully saturated rings. The molecule has 0 amide bonds. The van der Waals surface area contributed by atoms with Crippen molar-refractivity contribution in [3.63, 3.8) is 0 Å². The topological polar surface area (TPSA) is 9.23 Å². The Kier molecular flexibility index (Phi) is 9.71. The average Bonchev–Trinajstić information content (AvgIpc) is 3.05. The average molecular weight is 296 g/mol. The standard InChI is InChI=1S/C9H9.C4H10O.BrH.Mg/c1-2-4-8(5-3-1)9-6-7-9;1-3-5-4-2;;/h2-5,9H,6-7H2;3-4H2,1-2H3;1H;/q;;;+1/p-1. The molecule has 2 rings (SSSR count). The fraction of sp³-hybridized carbons (Fsp3) is 0.538. The van der Waals surface area contributed by atoms with Gasteiger partial charge in [0.2, 0.25) is 0 Å². The second-order valence-corrected chi connectivity index (χ2v) is 4.61. The molecule has 0 saturated heterocycles. The first-order valence-corrected chi connectivity index (χ1v) is 6.48. The van der Waals surface area contributed by atoms with Crippen LogP contribution in [-0.4, -0.2) is 34.9 Å². The minimum atomic E-state index is 0. The van der Waals surface area contributed by atoms with Crippen molar-refractivity contribution >= 4 is 25.4 Å². The molecular weight excluding hydrogens is 276 g/mol. The third-order valence-electron chi connectivity index (χ3n) is 2.44. The van der Waals surface area contributed by atoms with Crippen LogP contribution in [0.5, 0.6) is 0 Å². The Balaban J connectivity index is 0.000000330. The van der Waals surface area contributed by atoms with Crippen LogP contribution in [0.25, 0.3) is 0 Å². The van der Waals surface area contributed by atoms with E-state index >= 15 is 0 Å². The zero-order valence-corrected chi connectivity index (χ0v) is 13.2. The first kappa shape index (κ1) is 16.4. The molecule has 1 aromatic carbocycles. The zero-order valence-electron chi connectivity index (χ0n) is 10.2. The fourth-order valence-electron chi connectivity index (χ4n) is 1.41. The van der Waals surface area contributed by atoms with E-state index in [1.54, 1.807) is 0 Å². The number of halogens is 1. The monoisotopic (exact) mass is 294 g/mol. The van der Waals surface area contributed by atoms with Crippen molar-refractivity contribution in [1.29, 1.82) is 0 Å². The van der Waals surface area contributed by atoms with Crippen LogP contribution in [0.3, 0.4) is 0 Å². The van der Waals surface area contributed by atoms with E-state index in [1.807, 2.05) is 35.6 Å². The summed E-state index contributed by atoms with van der Waals surface area (Å²) in [6.07, 6.45) is 2.82. The molecule has 1 nitrogen and oxygen atoms in total. The molecule has 16 heavy (non-hydrogen) atoms. The number of rotatable bonds is 3. The molecule has 0 N–H and O–H groups in total. The van der Waals surface area contributed by atoms with Gasteiger partial charge in [0.15, 0.2) is 0 Å². The molecule has 1 aliphatic carbocycles. The van der Waals surface area contributed by atoms with Gasteiger partial charge in [-0.1, -0.05) is 0 Å². The van der Waals surface area contributed by atoms with Gasteiger partial charge < -0.3 is 21.7 Å². The molecular formula is C13H19BrMgO. The molecule has 0 unspecified atom stereocenters. The van der Waals surface area contributed by atoms with Gasteiger partial charge in [-0.25, -0.2) is 0 Å². The number of ether oxygens (including phenoxy) is 1. The summed E-state index contributed by atoms with van der Waals surface area (Å²) < 4.78 is 6.23. The van der Waals surface area contributed by atoms with Crippen LogP contribution >= 0.6 is 0 Å². The fourth-order valence-corrected chi connectivity index (χ4v) is 1.65. The van der Waals surface area contributed by atoms with Crippen molar-refractivity contribution in [2.45, 2.75) is 32.6 Å². The summed E-state index contributed by atoms with van der Waals surface area (Å²) in [4.78, 5) is 0. The van der Waals surface area contributed by atoms with Crippen molar-refractivity contribution < 1.29 is 21.7 Å². The maximum atomic E-state index is 4.83. The summed E-state index contributed by atoms with van der Waals surface area (Å²) >= 11 is 1.95. The summed E-state index contributed by atoms with van der Waals surface area (Å²) in [5.74, 6) is 0.906. The predicted molar refractivity (Wildman–Crippen MR) is 66.0 cm³/mol. The molecule has 3 heteroatoms. The summed E-state index contributed by atoms with van der Waals surface area (Å²) in [5.41, 5.74) is 1.54. The summed E-state index contributed by atoms with van der Waals surface area (Å²) in [5, 5.41) is 0. The van der Waals surface area contributed by atoms with Gasteiger partial charge >= 0.3 is 74.0 Å². The van der Waals surface area contributed by atoms with Gasteiger partial charge in [0.1, 0.15) is 0 Å². The maximum absolute atomic E-state index is 4.83. The van der Waals surface area contributed by atoms with E-state index in [4.69, 9.17) is 4.74 Å². The Morgan fingerprint density at radius 2 is 1.62 bits per heavy atom. The second-order valence-electron chi connectivity index (χ2n) is 3.80. The van der Waals surface area contributed by atoms with Crippen molar-refractivity contribution in [3.05, 3.63) is 29.8 Å². The molecule has 0 bridgehead atoms. The molecule has 0 radical (unpaired) electrons. The van der Waals surface area contributed by atoms with E-state index in [9.17, 15) is 0 Å². The van der Waals surface area contributed by atoms with Crippen molar-refractivity contribution in [2.75, 3.05) is 13.2 Å². The van der Waals surface area contributed by atoms with Crippen LogP contribution in [0.2, 0.25) is 0 Å². The van der Waals surface area contributed by atoms with Gasteiger partial charge in [-0.05, 0) is 13.8 Å². The van der Waals surface area contributed by atoms with Gasteiger partial charge in [-0.15, -0.1) is 0 Å². The molecule has 0 spiro atoms. The van der Waals surface area contributed by atoms with Gasteiger partial charge in [-0.3, -0.25) is 0 Å². The predicted octanol–water partition coefficient (Wildman–Crippen LogP) is -0.595. The first-order chi connectivity index (χ1) is 7.27. The zero-order chi connectivity index (χ0) is 11.1. The molecule has 1 aliphatic rings. The van der Waals surface area contributed by atoms with Crippen molar-refractivity contribution in [1.82, 2.24) is 0 Å². The van der Waals surface area contributed by atoms with E-state index < -0.39 is 0 Å². The van der Waals surface area contributed by atoms with Crippen LogP contribution in [0.1, 0.15) is 38.2 Å². The summed E-state index contributed by atoms with van der Waals surface area (Å²) in [6.45, 7) is 5.67. The van der Waals surface area contributed by atoms with Gasteiger partial charge in [0.05, 0.1) is 0 Å². The Bertz CT molecular complexity index is 268. The third kappa shape index (κ3) is 6.89. The Hall–Kier alpha value is 0.426. The minimum absolute atomic E-state index is 0. The van der Waals surface area contributed by atoms with Gasteiger partial charge in [0, 0.05) is 13.2 Å². The number of hydrogen-bond donors (Lipinski definition) is 0. The van der Waals surface area contributed by atoms with Gasteiger partial charge in [-0.2, -0.15) is 0 Å². The van der Waals surface area contributed by atoms with Crippen molar-refractivity contribution in [2.24, 2.45) is 0 Å². The molecule has 0 aromatic heterocycles. The van der Waals surface area contributed by atoms with E-state index in [1.165, 1.54) is 22.1 Å². The molecule has 0 aliphatic heterocycles. The summed E-state index contributed by atoms with van der Waals surface area (Å²) in [7, 11) is 0. The molecule has 1 aromatic rings. The molecule has 0 atom stereocenters. The van der Waals surface area contributed by atoms with Crippen LogP contribution in [0.15, 0.2) is 24.3 Å². The first-order valence-electron chi connectivity index (χ1n) is 5.77. The van der Waals surface area contributed by atoms with Gasteiger partial charge in [0.25, 0.3) is 0 Å². The van der Waals surface area contributed by atoms with Crippen molar-refractivity contribution in [3.8, 4) is 0 Å². The number of benzene rings is 1. The summed E-state index contributed by atoms with van der Waals surface area (Å²) in [6, 6.07) is 8.96. The van der Waals surface area contributed by atoms with E-state index in [-0.39, 0.29) is 17.0 Å². The van der Waals surface area contributed by atoms with Crippen LogP contribution in [0, 0.1) is 0 Å².